The summed E-state index contributed by atoms with van der Waals surface area (Å²) < 4.78 is 13.6. The standard InChI is InChI=1S/C24H23N5O4/c25-22-19-23(27-11-26-22)29(12-28-19)24-21(31)20(30)18(33-24)10-32-9-17-15-7-3-1-5-13(15)14-6-2-4-8-16(14)17/h1-8,11-12,17-18,20-21,24,30-31H,9-10H2,(H2,25,26,27)/t18-,20-,21-,24-/m1/s1. The Balaban J connectivity index is 1.17. The minimum absolute atomic E-state index is 0.105. The number of nitrogens with two attached hydrogens (primary N) is 1. The van der Waals surface area contributed by atoms with Gasteiger partial charge in [-0.25, -0.2) is 15.0 Å². The molecule has 0 radical (unpaired) electrons. The molecule has 9 nitrogen and oxygen atoms in total. The molecule has 2 aromatic carbocycles. The first-order chi connectivity index (χ1) is 16.1. The average Bonchev–Trinajstić information content (AvgIpc) is 3.49. The molecule has 33 heavy (non-hydrogen) atoms. The van der Waals surface area contributed by atoms with E-state index in [0.29, 0.717) is 17.8 Å². The number of anilines is 1. The first-order valence-electron chi connectivity index (χ1n) is 10.8. The summed E-state index contributed by atoms with van der Waals surface area (Å²) in [4.78, 5) is 12.3. The predicted molar refractivity (Wildman–Crippen MR) is 120 cm³/mol. The second-order valence-corrected chi connectivity index (χ2v) is 8.39. The smallest absolute Gasteiger partial charge is 0.167 e. The van der Waals surface area contributed by atoms with Gasteiger partial charge in [-0.05, 0) is 22.3 Å². The number of benzene rings is 2. The van der Waals surface area contributed by atoms with Crippen molar-refractivity contribution in [3.05, 3.63) is 72.3 Å². The molecule has 1 aliphatic heterocycles. The van der Waals surface area contributed by atoms with Gasteiger partial charge in [-0.2, -0.15) is 0 Å². The van der Waals surface area contributed by atoms with Crippen LogP contribution in [0.25, 0.3) is 22.3 Å². The van der Waals surface area contributed by atoms with Crippen molar-refractivity contribution >= 4 is 17.0 Å². The normalized spacial score (nSPS) is 24.3. The maximum atomic E-state index is 10.6. The van der Waals surface area contributed by atoms with Crippen molar-refractivity contribution in [1.29, 1.82) is 0 Å². The predicted octanol–water partition coefficient (Wildman–Crippen LogP) is 1.86. The summed E-state index contributed by atoms with van der Waals surface area (Å²) in [6, 6.07) is 16.7. The molecular weight excluding hydrogens is 422 g/mol. The maximum Gasteiger partial charge on any atom is 0.167 e. The summed E-state index contributed by atoms with van der Waals surface area (Å²) in [6.45, 7) is 0.582. The first kappa shape index (κ1) is 20.3. The molecule has 168 valence electrons. The maximum absolute atomic E-state index is 10.6. The molecule has 0 amide bonds. The van der Waals surface area contributed by atoms with E-state index in [9.17, 15) is 10.2 Å². The van der Waals surface area contributed by atoms with E-state index >= 15 is 0 Å². The SMILES string of the molecule is Nc1ncnc2c1ncn2[C@@H]1O[C@H](COCC2c3ccccc3-c3ccccc32)[C@@H](O)[C@H]1O. The van der Waals surface area contributed by atoms with Gasteiger partial charge in [0.2, 0.25) is 0 Å². The van der Waals surface area contributed by atoms with Crippen LogP contribution in [0.3, 0.4) is 0 Å². The lowest BCUT2D eigenvalue weighted by Crippen LogP contribution is -2.34. The second-order valence-electron chi connectivity index (χ2n) is 8.39. The quantitative estimate of drug-likeness (QED) is 0.425. The van der Waals surface area contributed by atoms with Crippen LogP contribution in [0.1, 0.15) is 23.3 Å². The number of aromatic nitrogens is 4. The molecule has 0 unspecified atom stereocenters. The van der Waals surface area contributed by atoms with E-state index < -0.39 is 24.5 Å². The Bertz CT molecular complexity index is 1280. The lowest BCUT2D eigenvalue weighted by atomic mass is 9.98. The highest BCUT2D eigenvalue weighted by Gasteiger charge is 2.44. The highest BCUT2D eigenvalue weighted by Crippen LogP contribution is 2.44. The van der Waals surface area contributed by atoms with E-state index in [0.717, 1.165) is 0 Å². The topological polar surface area (TPSA) is 129 Å². The zero-order valence-corrected chi connectivity index (χ0v) is 17.7. The van der Waals surface area contributed by atoms with E-state index in [-0.39, 0.29) is 18.3 Å². The molecule has 0 saturated carbocycles. The Kier molecular flexibility index (Phi) is 4.84. The number of rotatable bonds is 5. The minimum Gasteiger partial charge on any atom is -0.387 e. The summed E-state index contributed by atoms with van der Waals surface area (Å²) in [5.41, 5.74) is 11.6. The first-order valence-corrected chi connectivity index (χ1v) is 10.8. The molecule has 4 N–H and O–H groups in total. The van der Waals surface area contributed by atoms with E-state index in [2.05, 4.69) is 39.2 Å². The van der Waals surface area contributed by atoms with Crippen LogP contribution in [0.5, 0.6) is 0 Å². The zero-order valence-electron chi connectivity index (χ0n) is 17.7. The molecule has 4 aromatic rings. The lowest BCUT2D eigenvalue weighted by molar-refractivity contribution is -0.0660. The van der Waals surface area contributed by atoms with Crippen molar-refractivity contribution in [2.24, 2.45) is 0 Å². The molecule has 0 spiro atoms. The fourth-order valence-corrected chi connectivity index (χ4v) is 4.89. The molecule has 4 atom stereocenters. The van der Waals surface area contributed by atoms with Crippen LogP contribution < -0.4 is 5.73 Å². The van der Waals surface area contributed by atoms with Crippen LogP contribution in [-0.4, -0.2) is 61.3 Å². The summed E-state index contributed by atoms with van der Waals surface area (Å²) >= 11 is 0. The Morgan fingerprint density at radius 3 is 2.33 bits per heavy atom. The molecule has 2 aliphatic rings. The van der Waals surface area contributed by atoms with Gasteiger partial charge in [0.15, 0.2) is 17.7 Å². The number of hydrogen-bond acceptors (Lipinski definition) is 8. The molecule has 1 saturated heterocycles. The van der Waals surface area contributed by atoms with Crippen molar-refractivity contribution < 1.29 is 19.7 Å². The summed E-state index contributed by atoms with van der Waals surface area (Å²) in [5.74, 6) is 0.345. The number of fused-ring (bicyclic) bond motifs is 4. The number of aliphatic hydroxyl groups excluding tert-OH is 2. The Morgan fingerprint density at radius 2 is 1.61 bits per heavy atom. The Hall–Kier alpha value is -3.37. The monoisotopic (exact) mass is 445 g/mol. The Morgan fingerprint density at radius 1 is 0.909 bits per heavy atom. The van der Waals surface area contributed by atoms with Gasteiger partial charge in [0.1, 0.15) is 30.2 Å². The van der Waals surface area contributed by atoms with E-state index in [1.165, 1.54) is 34.9 Å². The molecule has 9 heteroatoms. The fraction of sp³-hybridized carbons (Fsp3) is 0.292. The van der Waals surface area contributed by atoms with Gasteiger partial charge in [0.25, 0.3) is 0 Å². The van der Waals surface area contributed by atoms with Gasteiger partial charge in [0, 0.05) is 5.92 Å². The second kappa shape index (κ2) is 7.89. The van der Waals surface area contributed by atoms with E-state index in [4.69, 9.17) is 15.2 Å². The van der Waals surface area contributed by atoms with Gasteiger partial charge in [-0.15, -0.1) is 0 Å². The van der Waals surface area contributed by atoms with Crippen molar-refractivity contribution in [2.75, 3.05) is 18.9 Å². The molecule has 6 rings (SSSR count). The number of nitrogens with zero attached hydrogens (tertiary/aromatic N) is 4. The number of nitrogen functional groups attached to an aromatic ring is 1. The van der Waals surface area contributed by atoms with Crippen molar-refractivity contribution in [1.82, 2.24) is 19.5 Å². The summed E-state index contributed by atoms with van der Waals surface area (Å²) in [5, 5.41) is 21.3. The number of aliphatic hydroxyl groups is 2. The van der Waals surface area contributed by atoms with Gasteiger partial charge in [-0.1, -0.05) is 48.5 Å². The van der Waals surface area contributed by atoms with Gasteiger partial charge in [-0.3, -0.25) is 4.57 Å². The van der Waals surface area contributed by atoms with Crippen LogP contribution in [0.2, 0.25) is 0 Å². The molecule has 1 fully saturated rings. The molecule has 0 bridgehead atoms. The van der Waals surface area contributed by atoms with Crippen molar-refractivity contribution in [2.45, 2.75) is 30.5 Å². The summed E-state index contributed by atoms with van der Waals surface area (Å²) in [7, 11) is 0. The molecule has 2 aromatic heterocycles. The number of ether oxygens (including phenoxy) is 2. The highest BCUT2D eigenvalue weighted by molar-refractivity contribution is 5.81. The van der Waals surface area contributed by atoms with Crippen molar-refractivity contribution in [3.63, 3.8) is 0 Å². The molecular formula is C24H23N5O4. The third-order valence-electron chi connectivity index (χ3n) is 6.53. The number of imidazole rings is 1. The Labute approximate surface area is 189 Å². The number of hydrogen-bond donors (Lipinski definition) is 3. The van der Waals surface area contributed by atoms with E-state index in [1.54, 1.807) is 4.57 Å². The fourth-order valence-electron chi connectivity index (χ4n) is 4.89. The minimum atomic E-state index is -1.17. The van der Waals surface area contributed by atoms with E-state index in [1.807, 2.05) is 24.3 Å². The zero-order chi connectivity index (χ0) is 22.5. The summed E-state index contributed by atoms with van der Waals surface area (Å²) in [6.07, 6.45) is -1.04. The van der Waals surface area contributed by atoms with Crippen LogP contribution in [0, 0.1) is 0 Å². The average molecular weight is 445 g/mol. The van der Waals surface area contributed by atoms with Crippen LogP contribution in [0.15, 0.2) is 61.2 Å². The highest BCUT2D eigenvalue weighted by atomic mass is 16.6. The largest absolute Gasteiger partial charge is 0.387 e. The third-order valence-corrected chi connectivity index (χ3v) is 6.53. The molecule has 3 heterocycles. The van der Waals surface area contributed by atoms with Crippen LogP contribution >= 0.6 is 0 Å². The third kappa shape index (κ3) is 3.20. The van der Waals surface area contributed by atoms with Gasteiger partial charge in [0.05, 0.1) is 19.5 Å². The van der Waals surface area contributed by atoms with Crippen LogP contribution in [-0.2, 0) is 9.47 Å². The van der Waals surface area contributed by atoms with Gasteiger partial charge < -0.3 is 25.4 Å². The van der Waals surface area contributed by atoms with Gasteiger partial charge >= 0.3 is 0 Å². The van der Waals surface area contributed by atoms with Crippen molar-refractivity contribution in [3.8, 4) is 11.1 Å². The lowest BCUT2D eigenvalue weighted by Gasteiger charge is -2.18. The molecule has 1 aliphatic carbocycles. The van der Waals surface area contributed by atoms with Crippen LogP contribution in [0.4, 0.5) is 5.82 Å².